The number of nitrogens with zero attached hydrogens (tertiary/aromatic N) is 1. The van der Waals surface area contributed by atoms with E-state index in [0.717, 1.165) is 12.8 Å². The molecule has 2 rings (SSSR count). The van der Waals surface area contributed by atoms with Gasteiger partial charge in [-0.05, 0) is 43.7 Å². The summed E-state index contributed by atoms with van der Waals surface area (Å²) in [7, 11) is 0. The van der Waals surface area contributed by atoms with E-state index in [9.17, 15) is 9.59 Å². The van der Waals surface area contributed by atoms with E-state index in [1.54, 1.807) is 12.1 Å². The van der Waals surface area contributed by atoms with Crippen LogP contribution < -0.4 is 11.1 Å². The van der Waals surface area contributed by atoms with E-state index in [2.05, 4.69) is 5.32 Å². The van der Waals surface area contributed by atoms with Crippen molar-refractivity contribution in [2.24, 2.45) is 17.6 Å². The Labute approximate surface area is 149 Å². The van der Waals surface area contributed by atoms with Gasteiger partial charge in [0.1, 0.15) is 6.04 Å². The third-order valence-electron chi connectivity index (χ3n) is 4.56. The highest BCUT2D eigenvalue weighted by Crippen LogP contribution is 2.21. The monoisotopic (exact) mass is 357 g/mol. The van der Waals surface area contributed by atoms with Crippen LogP contribution in [0.3, 0.4) is 0 Å². The normalized spacial score (nSPS) is 18.0. The molecule has 0 saturated carbocycles. The second kappa shape index (κ2) is 9.08. The molecule has 3 N–H and O–H groups in total. The summed E-state index contributed by atoms with van der Waals surface area (Å²) in [5.74, 6) is 0.316. The zero-order valence-electron chi connectivity index (χ0n) is 14.5. The minimum absolute atomic E-state index is 0. The van der Waals surface area contributed by atoms with Gasteiger partial charge in [0.05, 0.1) is 6.26 Å². The molecule has 2 heterocycles. The van der Waals surface area contributed by atoms with E-state index < -0.39 is 6.04 Å². The second-order valence-corrected chi connectivity index (χ2v) is 6.69. The Balaban J connectivity index is 0.00000288. The third-order valence-corrected chi connectivity index (χ3v) is 4.56. The van der Waals surface area contributed by atoms with Crippen LogP contribution in [0, 0.1) is 11.8 Å². The number of hydrogen-bond acceptors (Lipinski definition) is 4. The van der Waals surface area contributed by atoms with Crippen molar-refractivity contribution < 1.29 is 14.0 Å². The number of carbonyl (C=O) groups is 2. The molecular formula is C17H28ClN3O3. The minimum Gasteiger partial charge on any atom is -0.459 e. The predicted octanol–water partition coefficient (Wildman–Crippen LogP) is 2.04. The summed E-state index contributed by atoms with van der Waals surface area (Å²) in [6.07, 6.45) is 3.28. The van der Waals surface area contributed by atoms with E-state index in [1.807, 2.05) is 25.7 Å². The van der Waals surface area contributed by atoms with Crippen LogP contribution in [0.25, 0.3) is 0 Å². The van der Waals surface area contributed by atoms with Crippen molar-refractivity contribution in [3.8, 4) is 0 Å². The average molecular weight is 358 g/mol. The maximum Gasteiger partial charge on any atom is 0.287 e. The molecular weight excluding hydrogens is 330 g/mol. The molecule has 2 unspecified atom stereocenters. The maximum absolute atomic E-state index is 12.8. The highest BCUT2D eigenvalue weighted by atomic mass is 35.5. The highest BCUT2D eigenvalue weighted by Gasteiger charge is 2.32. The Kier molecular flexibility index (Phi) is 7.76. The van der Waals surface area contributed by atoms with Gasteiger partial charge in [-0.2, -0.15) is 0 Å². The Morgan fingerprint density at radius 1 is 1.29 bits per heavy atom. The van der Waals surface area contributed by atoms with E-state index in [-0.39, 0.29) is 41.9 Å². The van der Waals surface area contributed by atoms with Crippen LogP contribution in [0.4, 0.5) is 0 Å². The van der Waals surface area contributed by atoms with Gasteiger partial charge in [0.2, 0.25) is 5.91 Å². The van der Waals surface area contributed by atoms with Crippen molar-refractivity contribution in [3.05, 3.63) is 24.2 Å². The Hall–Kier alpha value is -1.53. The molecule has 0 bridgehead atoms. The molecule has 1 aromatic rings. The van der Waals surface area contributed by atoms with E-state index in [4.69, 9.17) is 10.2 Å². The summed E-state index contributed by atoms with van der Waals surface area (Å²) in [6, 6.07) is 2.86. The Morgan fingerprint density at radius 3 is 2.38 bits per heavy atom. The molecule has 136 valence electrons. The number of hydrogen-bond donors (Lipinski definition) is 2. The number of amides is 2. The second-order valence-electron chi connectivity index (χ2n) is 6.69. The first kappa shape index (κ1) is 20.5. The average Bonchev–Trinajstić information content (AvgIpc) is 3.06. The van der Waals surface area contributed by atoms with Crippen molar-refractivity contribution in [1.29, 1.82) is 0 Å². The van der Waals surface area contributed by atoms with Crippen molar-refractivity contribution in [3.63, 3.8) is 0 Å². The molecule has 0 aliphatic carbocycles. The van der Waals surface area contributed by atoms with Gasteiger partial charge in [-0.15, -0.1) is 12.4 Å². The molecule has 1 aliphatic heterocycles. The minimum atomic E-state index is -0.542. The van der Waals surface area contributed by atoms with Crippen LogP contribution in [0.5, 0.6) is 0 Å². The smallest absolute Gasteiger partial charge is 0.287 e. The van der Waals surface area contributed by atoms with Gasteiger partial charge in [0, 0.05) is 19.1 Å². The summed E-state index contributed by atoms with van der Waals surface area (Å²) < 4.78 is 5.09. The molecule has 1 aromatic heterocycles. The molecule has 1 fully saturated rings. The lowest BCUT2D eigenvalue weighted by molar-refractivity contribution is -0.135. The number of likely N-dealkylation sites (tertiary alicyclic amines) is 1. The molecule has 1 aliphatic rings. The van der Waals surface area contributed by atoms with Crippen molar-refractivity contribution in [2.75, 3.05) is 13.1 Å². The van der Waals surface area contributed by atoms with Crippen LogP contribution in [-0.4, -0.2) is 41.9 Å². The van der Waals surface area contributed by atoms with Crippen LogP contribution in [-0.2, 0) is 4.79 Å². The van der Waals surface area contributed by atoms with Crippen molar-refractivity contribution in [1.82, 2.24) is 10.2 Å². The first-order chi connectivity index (χ1) is 10.9. The number of piperidine rings is 1. The third kappa shape index (κ3) is 4.98. The van der Waals surface area contributed by atoms with Crippen LogP contribution in [0.1, 0.15) is 44.2 Å². The fourth-order valence-electron chi connectivity index (χ4n) is 2.98. The zero-order valence-corrected chi connectivity index (χ0v) is 15.3. The van der Waals surface area contributed by atoms with Crippen LogP contribution >= 0.6 is 12.4 Å². The molecule has 2 amide bonds. The Bertz CT molecular complexity index is 523. The number of furan rings is 1. The summed E-state index contributed by atoms with van der Waals surface area (Å²) in [4.78, 5) is 26.8. The Morgan fingerprint density at radius 2 is 1.92 bits per heavy atom. The first-order valence-corrected chi connectivity index (χ1v) is 8.29. The van der Waals surface area contributed by atoms with E-state index >= 15 is 0 Å². The molecule has 2 atom stereocenters. The van der Waals surface area contributed by atoms with Gasteiger partial charge >= 0.3 is 0 Å². The molecule has 6 nitrogen and oxygen atoms in total. The molecule has 1 saturated heterocycles. The predicted molar refractivity (Wildman–Crippen MR) is 95.0 cm³/mol. The van der Waals surface area contributed by atoms with Gasteiger partial charge in [0.15, 0.2) is 5.76 Å². The summed E-state index contributed by atoms with van der Waals surface area (Å²) in [6.45, 7) is 7.28. The lowest BCUT2D eigenvalue weighted by Crippen LogP contribution is -2.53. The van der Waals surface area contributed by atoms with Gasteiger partial charge in [-0.1, -0.05) is 13.8 Å². The number of rotatable bonds is 5. The van der Waals surface area contributed by atoms with Crippen LogP contribution in [0.2, 0.25) is 0 Å². The fourth-order valence-corrected chi connectivity index (χ4v) is 2.98. The molecule has 7 heteroatoms. The van der Waals surface area contributed by atoms with E-state index in [0.29, 0.717) is 19.0 Å². The van der Waals surface area contributed by atoms with Gasteiger partial charge < -0.3 is 20.4 Å². The standard InChI is InChI=1S/C17H27N3O3.ClH/c1-11(2)15(19-16(21)14-5-4-10-23-14)17(22)20-8-6-13(7-9-20)12(3)18;/h4-5,10-13,15H,6-9,18H2,1-3H3,(H,19,21);1H. The van der Waals surface area contributed by atoms with Gasteiger partial charge in [0.25, 0.3) is 5.91 Å². The van der Waals surface area contributed by atoms with Crippen LogP contribution in [0.15, 0.2) is 22.8 Å². The number of nitrogens with two attached hydrogens (primary N) is 1. The summed E-state index contributed by atoms with van der Waals surface area (Å²) in [5.41, 5.74) is 5.95. The van der Waals surface area contributed by atoms with Gasteiger partial charge in [-0.3, -0.25) is 9.59 Å². The quantitative estimate of drug-likeness (QED) is 0.844. The summed E-state index contributed by atoms with van der Waals surface area (Å²) in [5, 5.41) is 2.80. The number of halogens is 1. The van der Waals surface area contributed by atoms with Crippen molar-refractivity contribution in [2.45, 2.75) is 45.7 Å². The van der Waals surface area contributed by atoms with Gasteiger partial charge in [-0.25, -0.2) is 0 Å². The highest BCUT2D eigenvalue weighted by molar-refractivity contribution is 5.95. The molecule has 0 spiro atoms. The lowest BCUT2D eigenvalue weighted by atomic mass is 9.90. The first-order valence-electron chi connectivity index (χ1n) is 8.29. The summed E-state index contributed by atoms with van der Waals surface area (Å²) >= 11 is 0. The largest absolute Gasteiger partial charge is 0.459 e. The number of nitrogens with one attached hydrogen (secondary N) is 1. The maximum atomic E-state index is 12.8. The molecule has 0 radical (unpaired) electrons. The lowest BCUT2D eigenvalue weighted by Gasteiger charge is -2.36. The molecule has 0 aromatic carbocycles. The van der Waals surface area contributed by atoms with Crippen molar-refractivity contribution >= 4 is 24.2 Å². The topological polar surface area (TPSA) is 88.6 Å². The van der Waals surface area contributed by atoms with E-state index in [1.165, 1.54) is 6.26 Å². The zero-order chi connectivity index (χ0) is 17.0. The molecule has 24 heavy (non-hydrogen) atoms. The number of carbonyl (C=O) groups excluding carboxylic acids is 2. The fraction of sp³-hybridized carbons (Fsp3) is 0.647. The SMILES string of the molecule is CC(C)C(NC(=O)c1ccco1)C(=O)N1CCC(C(C)N)CC1.Cl.